The van der Waals surface area contributed by atoms with Crippen LogP contribution in [0.25, 0.3) is 0 Å². The van der Waals surface area contributed by atoms with E-state index in [0.717, 1.165) is 17.0 Å². The second-order valence-corrected chi connectivity index (χ2v) is 30.8. The van der Waals surface area contributed by atoms with E-state index in [1.165, 1.54) is 24.1 Å². The minimum absolute atomic E-state index is 0.0521. The molecule has 112 heavy (non-hydrogen) atoms. The normalized spacial score (nSPS) is 17.1. The van der Waals surface area contributed by atoms with E-state index in [-0.39, 0.29) is 48.2 Å². The van der Waals surface area contributed by atoms with E-state index in [2.05, 4.69) is 42.5 Å². The number of likely N-dealkylation sites (N-methyl/N-ethyl adjacent to an activating group) is 1. The van der Waals surface area contributed by atoms with E-state index in [1.54, 1.807) is 54.6 Å². The molecular formula is C74H101N11O25S2. The summed E-state index contributed by atoms with van der Waals surface area (Å²) in [5, 5.41) is 67.2. The fourth-order valence-corrected chi connectivity index (χ4v) is 13.7. The molecule has 38 heteroatoms. The zero-order valence-electron chi connectivity index (χ0n) is 63.3. The summed E-state index contributed by atoms with van der Waals surface area (Å²) < 4.78 is 61.4. The molecule has 0 radical (unpaired) electrons. The molecule has 614 valence electrons. The summed E-state index contributed by atoms with van der Waals surface area (Å²) in [4.78, 5) is 190. The average molecular weight is 1610 g/mol. The first kappa shape index (κ1) is 92.0. The molecular weight excluding hydrogens is 1510 g/mol. The van der Waals surface area contributed by atoms with Gasteiger partial charge in [0.05, 0.1) is 27.8 Å². The van der Waals surface area contributed by atoms with Gasteiger partial charge in [0, 0.05) is 87.4 Å². The largest absolute Gasteiger partial charge is 0.481 e. The van der Waals surface area contributed by atoms with Gasteiger partial charge in [-0.2, -0.15) is 8.42 Å². The monoisotopic (exact) mass is 1610 g/mol. The number of nitrogens with zero attached hydrogens (tertiary/aromatic N) is 3. The summed E-state index contributed by atoms with van der Waals surface area (Å²) in [6, 6.07) is -1.74. The molecule has 1 unspecified atom stereocenters. The Morgan fingerprint density at radius 2 is 1.12 bits per heavy atom. The standard InChI is InChI=1S/C74H101N11O25S2/c1-43(2)39-54(66(98)75-7)83-72(104)56-17-16-37-85(56)60(87)42-110-38-35-76-67(99)49(24-30-61(88)89)79-69(101)51(26-32-63(92)93)81-71(103)53(28-34-65(96)97)82-70(102)52(27-33-64(94)95)80-68(100)50(25-31-62(90)91)78-59(86)20-14-11-15-36-84-55-29-22-45(112(107,108)109)41-47(55)74(5,6)58(84)19-13-10-8-9-12-18-57-73(3,4)46-40-44(111(105)106)21-23-48(46)77-57/h8-10,12-13,18-19,21-23,29,40-41,43,49-54,56H,11,14-17,20,24-28,30-39,42H2,1-7H3,(H,75,98)(H,76,99)(H,78,86)(H,79,101)(H,80,100)(H,81,103)(H,82,102)(H,83,104)(H,88,89)(H,90,91)(H,92,93)(H,94,95)(H,96,97)(H,105,106)(H,107,108,109)/b9-8+,13-10+,18-12+,58-19+/t49-,50-,51-,52-,53-,54+,56+/m1/s1. The number of fused-ring (bicyclic) bond motifs is 2. The first-order valence-electron chi connectivity index (χ1n) is 36.4. The summed E-state index contributed by atoms with van der Waals surface area (Å²) in [5.74, 6) is -15.7. The molecule has 15 N–H and O–H groups in total. The number of anilines is 1. The van der Waals surface area contributed by atoms with Crippen molar-refractivity contribution in [2.75, 3.05) is 44.8 Å². The number of rotatable bonds is 47. The molecule has 9 amide bonds. The molecule has 8 atom stereocenters. The number of carboxylic acid groups (broad SMARTS) is 5. The number of aliphatic imine (C=N–C) groups is 1. The highest BCUT2D eigenvalue weighted by atomic mass is 32.2. The van der Waals surface area contributed by atoms with Crippen molar-refractivity contribution in [3.8, 4) is 0 Å². The molecule has 3 aliphatic rings. The van der Waals surface area contributed by atoms with E-state index in [9.17, 15) is 114 Å². The lowest BCUT2D eigenvalue weighted by atomic mass is 9.81. The van der Waals surface area contributed by atoms with Crippen LogP contribution < -0.4 is 47.4 Å². The number of carbonyl (C=O) groups is 14. The third-order valence-electron chi connectivity index (χ3n) is 18.8. The first-order chi connectivity index (χ1) is 52.7. The Labute approximate surface area is 650 Å². The SMILES string of the molecule is CNC(=O)[C@H](CC(C)C)NC(=O)[C@@H]1CCCN1C(=O)COCCNC(=O)[C@@H](CCC(=O)O)NC(=O)[C@@H](CCC(=O)O)NC(=O)[C@@H](CCC(=O)O)NC(=O)[C@@H](CCC(=O)O)NC(=O)[C@@H](CCC(=O)O)NC(=O)CCCCCN1/C(=C/C=C/C=C/C=C/C2=Nc3ccc(S(=O)O)cc3C2(C)C)C(C)(C)c2cc(S(=O)(=O)O)ccc21. The molecule has 0 aliphatic carbocycles. The number of amides is 9. The molecule has 2 aromatic rings. The number of benzene rings is 2. The second kappa shape index (κ2) is 43.3. The third-order valence-corrected chi connectivity index (χ3v) is 20.3. The van der Waals surface area contributed by atoms with Crippen LogP contribution in [0.2, 0.25) is 0 Å². The van der Waals surface area contributed by atoms with Gasteiger partial charge in [-0.1, -0.05) is 78.3 Å². The molecule has 2 aromatic carbocycles. The Hall–Kier alpha value is -10.6. The second-order valence-electron chi connectivity index (χ2n) is 28.4. The number of likely N-dealkylation sites (tertiary alicyclic amines) is 1. The van der Waals surface area contributed by atoms with Crippen molar-refractivity contribution >= 4 is 121 Å². The van der Waals surface area contributed by atoms with Gasteiger partial charge in [0.15, 0.2) is 11.1 Å². The van der Waals surface area contributed by atoms with Gasteiger partial charge in [0.25, 0.3) is 10.1 Å². The van der Waals surface area contributed by atoms with Crippen molar-refractivity contribution in [2.24, 2.45) is 10.9 Å². The van der Waals surface area contributed by atoms with Crippen LogP contribution in [-0.2, 0) is 104 Å². The van der Waals surface area contributed by atoms with Crippen LogP contribution in [0.4, 0.5) is 11.4 Å². The topological polar surface area (TPSA) is 556 Å². The highest BCUT2D eigenvalue weighted by molar-refractivity contribution is 7.85. The van der Waals surface area contributed by atoms with Crippen molar-refractivity contribution in [2.45, 2.75) is 214 Å². The van der Waals surface area contributed by atoms with Crippen molar-refractivity contribution in [1.82, 2.24) is 47.4 Å². The number of unbranched alkanes of at least 4 members (excludes halogenated alkanes) is 2. The molecule has 36 nitrogen and oxygen atoms in total. The maximum Gasteiger partial charge on any atom is 0.303 e. The van der Waals surface area contributed by atoms with Gasteiger partial charge >= 0.3 is 29.8 Å². The van der Waals surface area contributed by atoms with Crippen LogP contribution in [0.5, 0.6) is 0 Å². The van der Waals surface area contributed by atoms with E-state index in [1.807, 2.05) is 58.6 Å². The number of carboxylic acids is 5. The van der Waals surface area contributed by atoms with Crippen LogP contribution in [0.3, 0.4) is 0 Å². The Kier molecular flexibility index (Phi) is 35.6. The lowest BCUT2D eigenvalue weighted by Crippen LogP contribution is -2.59. The van der Waals surface area contributed by atoms with Crippen LogP contribution in [0.1, 0.15) is 162 Å². The number of aliphatic carboxylic acids is 5. The minimum Gasteiger partial charge on any atom is -0.481 e. The molecule has 0 bridgehead atoms. The molecule has 3 heterocycles. The predicted octanol–water partition coefficient (Wildman–Crippen LogP) is 2.94. The number of allylic oxidation sites excluding steroid dienone is 8. The Bertz CT molecular complexity index is 4130. The highest BCUT2D eigenvalue weighted by Crippen LogP contribution is 2.49. The molecule has 0 spiro atoms. The van der Waals surface area contributed by atoms with E-state index in [4.69, 9.17) is 9.73 Å². The number of carbonyl (C=O) groups excluding carboxylic acids is 9. The number of nitrogens with one attached hydrogen (secondary N) is 8. The van der Waals surface area contributed by atoms with E-state index >= 15 is 0 Å². The average Bonchev–Trinajstić information content (AvgIpc) is 1.59. The fraction of sp³-hybridized carbons (Fsp3) is 0.527. The minimum atomic E-state index is -4.60. The van der Waals surface area contributed by atoms with Crippen molar-refractivity contribution in [3.63, 3.8) is 0 Å². The van der Waals surface area contributed by atoms with Crippen molar-refractivity contribution in [3.05, 3.63) is 95.8 Å². The van der Waals surface area contributed by atoms with Gasteiger partial charge in [0.2, 0.25) is 53.2 Å². The van der Waals surface area contributed by atoms with Gasteiger partial charge in [0.1, 0.15) is 48.9 Å². The lowest BCUT2D eigenvalue weighted by Gasteiger charge is -2.27. The van der Waals surface area contributed by atoms with E-state index < -0.39 is 228 Å². The smallest absolute Gasteiger partial charge is 0.303 e. The van der Waals surface area contributed by atoms with Gasteiger partial charge in [-0.05, 0) is 130 Å². The van der Waals surface area contributed by atoms with Crippen LogP contribution in [0, 0.1) is 5.92 Å². The zero-order chi connectivity index (χ0) is 83.4. The molecule has 3 aliphatic heterocycles. The van der Waals surface area contributed by atoms with Crippen molar-refractivity contribution in [1.29, 1.82) is 0 Å². The summed E-state index contributed by atoms with van der Waals surface area (Å²) in [6.07, 6.45) is 7.24. The lowest BCUT2D eigenvalue weighted by molar-refractivity contribution is -0.142. The highest BCUT2D eigenvalue weighted by Gasteiger charge is 2.42. The maximum absolute atomic E-state index is 14.2. The molecule has 0 aromatic heterocycles. The predicted molar refractivity (Wildman–Crippen MR) is 404 cm³/mol. The van der Waals surface area contributed by atoms with Crippen molar-refractivity contribution < 1.29 is 119 Å². The van der Waals surface area contributed by atoms with Gasteiger partial charge in [-0.15, -0.1) is 0 Å². The fourth-order valence-electron chi connectivity index (χ4n) is 12.8. The Morgan fingerprint density at radius 3 is 1.62 bits per heavy atom. The quantitative estimate of drug-likeness (QED) is 0.0196. The molecule has 5 rings (SSSR count). The van der Waals surface area contributed by atoms with Crippen LogP contribution in [0.15, 0.2) is 99.4 Å². The number of hydrogen-bond donors (Lipinski definition) is 15. The van der Waals surface area contributed by atoms with Gasteiger partial charge < -0.3 is 87.2 Å². The number of hydrogen-bond acceptors (Lipinski definition) is 20. The van der Waals surface area contributed by atoms with Gasteiger partial charge in [-0.3, -0.25) is 76.7 Å². The Balaban J connectivity index is 1.23. The van der Waals surface area contributed by atoms with E-state index in [0.29, 0.717) is 55.6 Å². The van der Waals surface area contributed by atoms with Crippen LogP contribution in [-0.4, -0.2) is 223 Å². The summed E-state index contributed by atoms with van der Waals surface area (Å²) >= 11 is -2.16. The maximum atomic E-state index is 14.2. The Morgan fingerprint density at radius 1 is 0.607 bits per heavy atom. The summed E-state index contributed by atoms with van der Waals surface area (Å²) in [6.45, 7) is 10.8. The molecule has 0 saturated carbocycles. The molecule has 1 fully saturated rings. The number of ether oxygens (including phenoxy) is 1. The van der Waals surface area contributed by atoms with Crippen LogP contribution >= 0.6 is 0 Å². The first-order valence-corrected chi connectivity index (χ1v) is 38.9. The molecule has 1 saturated heterocycles. The zero-order valence-corrected chi connectivity index (χ0v) is 65.0. The van der Waals surface area contributed by atoms with Gasteiger partial charge in [-0.25, -0.2) is 4.21 Å². The summed E-state index contributed by atoms with van der Waals surface area (Å²) in [5.41, 5.74) is 2.87. The summed E-state index contributed by atoms with van der Waals surface area (Å²) in [7, 11) is -3.17. The third kappa shape index (κ3) is 28.3.